The molecule has 0 aliphatic carbocycles. The number of carbonyl (C=O) groups is 1. The average molecular weight is 545 g/mol. The first-order valence-corrected chi connectivity index (χ1v) is 12.6. The molecular formula is C27H24N6O5S. The molecule has 5 rings (SSSR count). The van der Waals surface area contributed by atoms with Crippen molar-refractivity contribution in [2.24, 2.45) is 0 Å². The monoisotopic (exact) mass is 544 g/mol. The summed E-state index contributed by atoms with van der Waals surface area (Å²) in [5.74, 6) is 0.0335. The molecule has 1 saturated heterocycles. The number of hydrogen-bond donors (Lipinski definition) is 2. The molecule has 1 aliphatic rings. The minimum atomic E-state index is -0.452. The highest BCUT2D eigenvalue weighted by molar-refractivity contribution is 7.80. The second-order valence-corrected chi connectivity index (χ2v) is 9.06. The molecule has 0 unspecified atom stereocenters. The number of benzene rings is 2. The van der Waals surface area contributed by atoms with E-state index in [1.807, 2.05) is 35.2 Å². The maximum Gasteiger partial charge on any atom is 0.293 e. The van der Waals surface area contributed by atoms with E-state index in [0.29, 0.717) is 61.2 Å². The van der Waals surface area contributed by atoms with E-state index in [2.05, 4.69) is 20.6 Å². The van der Waals surface area contributed by atoms with Gasteiger partial charge in [0, 0.05) is 43.5 Å². The third-order valence-electron chi connectivity index (χ3n) is 6.03. The topological polar surface area (TPSA) is 136 Å². The number of ether oxygens (including phenoxy) is 1. The van der Waals surface area contributed by atoms with E-state index in [9.17, 15) is 14.9 Å². The molecule has 2 aromatic heterocycles. The maximum atomic E-state index is 12.3. The number of morpholine rings is 1. The molecule has 1 amide bonds. The fourth-order valence-electron chi connectivity index (χ4n) is 4.07. The molecule has 11 nitrogen and oxygen atoms in total. The number of thiocarbonyl (C=S) groups is 1. The Morgan fingerprint density at radius 3 is 2.69 bits per heavy atom. The summed E-state index contributed by atoms with van der Waals surface area (Å²) in [6, 6.07) is 16.1. The van der Waals surface area contributed by atoms with Gasteiger partial charge in [0.25, 0.3) is 5.69 Å². The van der Waals surface area contributed by atoms with E-state index in [-0.39, 0.29) is 10.8 Å². The van der Waals surface area contributed by atoms with Gasteiger partial charge in [-0.05, 0) is 59.8 Å². The van der Waals surface area contributed by atoms with Crippen LogP contribution in [0, 0.1) is 10.1 Å². The van der Waals surface area contributed by atoms with Crippen molar-refractivity contribution < 1.29 is 18.9 Å². The molecule has 0 atom stereocenters. The van der Waals surface area contributed by atoms with Crippen LogP contribution in [0.25, 0.3) is 28.8 Å². The lowest BCUT2D eigenvalue weighted by molar-refractivity contribution is -0.384. The Morgan fingerprint density at radius 1 is 1.15 bits per heavy atom. The number of nitrogens with zero attached hydrogens (tertiary/aromatic N) is 4. The first-order chi connectivity index (χ1) is 19.0. The highest BCUT2D eigenvalue weighted by Crippen LogP contribution is 2.30. The number of carbonyl (C=O) groups excluding carboxylic acids is 1. The van der Waals surface area contributed by atoms with Crippen LogP contribution in [-0.4, -0.2) is 52.2 Å². The molecule has 198 valence electrons. The number of aromatic nitrogens is 2. The van der Waals surface area contributed by atoms with Gasteiger partial charge >= 0.3 is 0 Å². The zero-order valence-corrected chi connectivity index (χ0v) is 21.5. The van der Waals surface area contributed by atoms with Gasteiger partial charge in [0.1, 0.15) is 5.69 Å². The second-order valence-electron chi connectivity index (χ2n) is 8.65. The Bertz CT molecular complexity index is 1510. The van der Waals surface area contributed by atoms with Crippen LogP contribution in [0.4, 0.5) is 11.4 Å². The minimum absolute atomic E-state index is 0.0181. The van der Waals surface area contributed by atoms with Crippen molar-refractivity contribution in [1.82, 2.24) is 20.6 Å². The molecule has 39 heavy (non-hydrogen) atoms. The predicted octanol–water partition coefficient (Wildman–Crippen LogP) is 3.84. The fourth-order valence-corrected chi connectivity index (χ4v) is 4.24. The number of pyridine rings is 1. The van der Waals surface area contributed by atoms with Gasteiger partial charge in [-0.2, -0.15) is 4.98 Å². The first kappa shape index (κ1) is 25.9. The summed E-state index contributed by atoms with van der Waals surface area (Å²) in [5, 5.41) is 17.4. The van der Waals surface area contributed by atoms with E-state index in [4.69, 9.17) is 21.4 Å². The molecule has 0 radical (unpaired) electrons. The maximum absolute atomic E-state index is 12.3. The molecule has 12 heteroatoms. The molecule has 0 bridgehead atoms. The van der Waals surface area contributed by atoms with Gasteiger partial charge in [0.2, 0.25) is 11.8 Å². The van der Waals surface area contributed by atoms with E-state index in [0.717, 1.165) is 11.1 Å². The Balaban J connectivity index is 1.14. The number of fused-ring (bicyclic) bond motifs is 1. The number of amides is 1. The Kier molecular flexibility index (Phi) is 7.85. The highest BCUT2D eigenvalue weighted by Gasteiger charge is 2.21. The minimum Gasteiger partial charge on any atom is -0.434 e. The van der Waals surface area contributed by atoms with Crippen molar-refractivity contribution in [3.63, 3.8) is 0 Å². The lowest BCUT2D eigenvalue weighted by Gasteiger charge is -2.28. The van der Waals surface area contributed by atoms with Crippen LogP contribution >= 0.6 is 12.2 Å². The average Bonchev–Trinajstić information content (AvgIpc) is 3.40. The van der Waals surface area contributed by atoms with Crippen LogP contribution in [0.3, 0.4) is 0 Å². The van der Waals surface area contributed by atoms with Crippen LogP contribution in [0.2, 0.25) is 0 Å². The molecule has 2 aromatic carbocycles. The van der Waals surface area contributed by atoms with Crippen molar-refractivity contribution in [3.05, 3.63) is 88.1 Å². The summed E-state index contributed by atoms with van der Waals surface area (Å²) in [6.45, 7) is 2.62. The third kappa shape index (κ3) is 6.43. The molecule has 1 fully saturated rings. The van der Waals surface area contributed by atoms with Crippen molar-refractivity contribution in [1.29, 1.82) is 0 Å². The number of rotatable bonds is 7. The van der Waals surface area contributed by atoms with Gasteiger partial charge < -0.3 is 19.4 Å². The Hall–Kier alpha value is -4.68. The molecule has 3 heterocycles. The number of nitro benzene ring substituents is 1. The summed E-state index contributed by atoms with van der Waals surface area (Å²) in [6.07, 6.45) is 4.45. The summed E-state index contributed by atoms with van der Waals surface area (Å²) in [5.41, 5.74) is 3.98. The van der Waals surface area contributed by atoms with Crippen LogP contribution in [-0.2, 0) is 16.1 Å². The lowest BCUT2D eigenvalue weighted by Crippen LogP contribution is -2.37. The van der Waals surface area contributed by atoms with Gasteiger partial charge in [0.15, 0.2) is 16.3 Å². The summed E-state index contributed by atoms with van der Waals surface area (Å²) in [4.78, 5) is 34.0. The van der Waals surface area contributed by atoms with Crippen molar-refractivity contribution in [3.8, 4) is 11.5 Å². The van der Waals surface area contributed by atoms with E-state index < -0.39 is 10.8 Å². The smallest absolute Gasteiger partial charge is 0.293 e. The van der Waals surface area contributed by atoms with Crippen molar-refractivity contribution >= 4 is 51.9 Å². The zero-order valence-electron chi connectivity index (χ0n) is 20.7. The number of nitrogens with one attached hydrogen (secondary N) is 2. The third-order valence-corrected chi connectivity index (χ3v) is 6.28. The molecule has 0 spiro atoms. The van der Waals surface area contributed by atoms with Crippen LogP contribution in [0.5, 0.6) is 0 Å². The van der Waals surface area contributed by atoms with Crippen LogP contribution < -0.4 is 15.5 Å². The molecule has 4 aromatic rings. The highest BCUT2D eigenvalue weighted by atomic mass is 32.1. The number of oxazole rings is 1. The molecule has 2 N–H and O–H groups in total. The van der Waals surface area contributed by atoms with Gasteiger partial charge in [0.05, 0.1) is 18.1 Å². The predicted molar refractivity (Wildman–Crippen MR) is 150 cm³/mol. The number of nitro groups is 1. The lowest BCUT2D eigenvalue weighted by atomic mass is 10.1. The SMILES string of the molecule is O=C(/C=C/c1ccc(N2CCOCC2)c([N+](=O)[O-])c1)NC(=S)NCc1ccc(-c2nc3ncccc3o2)cc1. The quantitative estimate of drug-likeness (QED) is 0.153. The van der Waals surface area contributed by atoms with E-state index in [1.54, 1.807) is 24.4 Å². The van der Waals surface area contributed by atoms with E-state index >= 15 is 0 Å². The zero-order chi connectivity index (χ0) is 27.2. The van der Waals surface area contributed by atoms with Crippen LogP contribution in [0.15, 0.2) is 71.3 Å². The molecular weight excluding hydrogens is 520 g/mol. The Labute approximate surface area is 228 Å². The largest absolute Gasteiger partial charge is 0.434 e. The Morgan fingerprint density at radius 2 is 1.95 bits per heavy atom. The van der Waals surface area contributed by atoms with Gasteiger partial charge in [-0.15, -0.1) is 0 Å². The summed E-state index contributed by atoms with van der Waals surface area (Å²) in [7, 11) is 0. The summed E-state index contributed by atoms with van der Waals surface area (Å²) < 4.78 is 11.1. The van der Waals surface area contributed by atoms with Gasteiger partial charge in [-0.25, -0.2) is 4.98 Å². The fraction of sp³-hybridized carbons (Fsp3) is 0.185. The standard InChI is InChI=1S/C27H24N6O5S/c34-24(10-6-18-5-9-21(22(16-18)33(35)36)32-12-14-37-15-13-32)30-27(39)29-17-19-3-7-20(8-4-19)26-31-25-23(38-26)2-1-11-28-25/h1-11,16H,12-15,17H2,(H2,29,30,34,39)/b10-6+. The van der Waals surface area contributed by atoms with Crippen molar-refractivity contribution in [2.45, 2.75) is 6.54 Å². The summed E-state index contributed by atoms with van der Waals surface area (Å²) >= 11 is 5.23. The van der Waals surface area contributed by atoms with Gasteiger partial charge in [-0.1, -0.05) is 18.2 Å². The molecule has 1 aliphatic heterocycles. The first-order valence-electron chi connectivity index (χ1n) is 12.2. The normalized spacial score (nSPS) is 13.5. The number of anilines is 1. The number of hydrogen-bond acceptors (Lipinski definition) is 9. The van der Waals surface area contributed by atoms with Crippen LogP contribution in [0.1, 0.15) is 11.1 Å². The van der Waals surface area contributed by atoms with Crippen molar-refractivity contribution in [2.75, 3.05) is 31.2 Å². The van der Waals surface area contributed by atoms with Gasteiger partial charge in [-0.3, -0.25) is 20.2 Å². The van der Waals surface area contributed by atoms with E-state index in [1.165, 1.54) is 18.2 Å². The second kappa shape index (κ2) is 11.8. The molecule has 0 saturated carbocycles.